The lowest BCUT2D eigenvalue weighted by Crippen LogP contribution is -2.34. The molecule has 1 unspecified atom stereocenters. The Hall–Kier alpha value is -3.23. The van der Waals surface area contributed by atoms with Gasteiger partial charge >= 0.3 is 0 Å². The second-order valence-corrected chi connectivity index (χ2v) is 9.95. The van der Waals surface area contributed by atoms with Crippen molar-refractivity contribution in [3.63, 3.8) is 0 Å². The summed E-state index contributed by atoms with van der Waals surface area (Å²) in [5, 5.41) is 3.36. The van der Waals surface area contributed by atoms with E-state index in [4.69, 9.17) is 9.47 Å². The zero-order valence-corrected chi connectivity index (χ0v) is 24.0. The average Bonchev–Trinajstić information content (AvgIpc) is 3.19. The summed E-state index contributed by atoms with van der Waals surface area (Å²) >= 11 is 0. The molecule has 2 aliphatic heterocycles. The topological polar surface area (TPSA) is 61.7 Å². The molecule has 212 valence electrons. The molecule has 2 bridgehead atoms. The second-order valence-electron chi connectivity index (χ2n) is 9.95. The fourth-order valence-corrected chi connectivity index (χ4v) is 4.67. The van der Waals surface area contributed by atoms with Gasteiger partial charge in [-0.2, -0.15) is 0 Å². The average molecular weight is 538 g/mol. The first kappa shape index (κ1) is 30.3. The van der Waals surface area contributed by atoms with Crippen molar-refractivity contribution in [1.29, 1.82) is 0 Å². The number of allylic oxidation sites excluding steroid dienone is 3. The highest BCUT2D eigenvalue weighted by molar-refractivity contribution is 6.06. The molecule has 2 heterocycles. The highest BCUT2D eigenvalue weighted by Gasteiger charge is 2.19. The number of fused-ring (bicyclic) bond motifs is 2. The van der Waals surface area contributed by atoms with E-state index in [1.807, 2.05) is 6.92 Å². The molecule has 0 saturated carbocycles. The van der Waals surface area contributed by atoms with Gasteiger partial charge in [0.15, 0.2) is 0 Å². The Morgan fingerprint density at radius 1 is 1.18 bits per heavy atom. The first-order chi connectivity index (χ1) is 18.9. The Bertz CT molecular complexity index is 1100. The smallest absolute Gasteiger partial charge is 0.227 e. The first-order valence-corrected chi connectivity index (χ1v) is 13.9. The normalized spacial score (nSPS) is 26.9. The number of guanidine groups is 1. The number of aliphatic imine (C=N–C) groups is 2. The van der Waals surface area contributed by atoms with Crippen LogP contribution in [0.4, 0.5) is 4.39 Å². The fraction of sp³-hybridized carbons (Fsp3) is 0.484. The molecule has 1 N–H and O–H groups in total. The van der Waals surface area contributed by atoms with Crippen LogP contribution in [-0.2, 0) is 4.74 Å². The van der Waals surface area contributed by atoms with Crippen molar-refractivity contribution in [1.82, 2.24) is 15.1 Å². The van der Waals surface area contributed by atoms with E-state index >= 15 is 0 Å². The summed E-state index contributed by atoms with van der Waals surface area (Å²) < 4.78 is 26.0. The number of benzene rings is 1. The van der Waals surface area contributed by atoms with E-state index in [1.54, 1.807) is 6.07 Å². The third kappa shape index (κ3) is 10.1. The van der Waals surface area contributed by atoms with Crippen molar-refractivity contribution < 1.29 is 13.9 Å². The van der Waals surface area contributed by atoms with Crippen LogP contribution in [0, 0.1) is 11.7 Å². The molecule has 8 heteroatoms. The quantitative estimate of drug-likeness (QED) is 0.514. The number of halogens is 1. The van der Waals surface area contributed by atoms with E-state index in [-0.39, 0.29) is 5.82 Å². The van der Waals surface area contributed by atoms with E-state index in [2.05, 4.69) is 76.9 Å². The van der Waals surface area contributed by atoms with Crippen LogP contribution >= 0.6 is 0 Å². The van der Waals surface area contributed by atoms with Crippen LogP contribution in [-0.4, -0.2) is 74.5 Å². The van der Waals surface area contributed by atoms with Crippen molar-refractivity contribution in [2.24, 2.45) is 15.9 Å². The summed E-state index contributed by atoms with van der Waals surface area (Å²) in [6, 6.07) is 4.66. The molecule has 0 aromatic heterocycles. The molecular formula is C31H44FN5O2. The molecule has 0 amide bonds. The van der Waals surface area contributed by atoms with Crippen LogP contribution < -0.4 is 10.1 Å². The number of likely N-dealkylation sites (N-methyl/N-ethyl adjacent to an activating group) is 1. The van der Waals surface area contributed by atoms with Crippen LogP contribution in [0.5, 0.6) is 5.75 Å². The molecule has 0 aliphatic carbocycles. The Labute approximate surface area is 233 Å². The molecular weight excluding hydrogens is 493 g/mol. The Morgan fingerprint density at radius 3 is 2.82 bits per heavy atom. The van der Waals surface area contributed by atoms with Gasteiger partial charge in [0.25, 0.3) is 0 Å². The van der Waals surface area contributed by atoms with E-state index in [0.717, 1.165) is 64.4 Å². The standard InChI is InChI=1S/C31H44FN5O2/c1-6-28-12-13-30(37-15-11-17-38-19-16-37)24(3)23-36(5)14-9-8-10-18-39-29-21-26(20-27(32)22-29)25(4)34-31(35-28)33-7-2/h7-9,12-13,20-22,24H,2,6,10-11,14-19,23H2,1,3-5H3,(H,33,35)/b9-8+,28-12+,30-13+,34-25+. The van der Waals surface area contributed by atoms with E-state index in [1.165, 1.54) is 24.0 Å². The fourth-order valence-electron chi connectivity index (χ4n) is 4.67. The van der Waals surface area contributed by atoms with Crippen molar-refractivity contribution in [3.8, 4) is 5.75 Å². The van der Waals surface area contributed by atoms with Gasteiger partial charge in [0, 0.05) is 73.6 Å². The monoisotopic (exact) mass is 537 g/mol. The zero-order valence-electron chi connectivity index (χ0n) is 24.0. The maximum Gasteiger partial charge on any atom is 0.227 e. The van der Waals surface area contributed by atoms with Crippen molar-refractivity contribution >= 4 is 11.7 Å². The molecule has 0 radical (unpaired) electrons. The molecule has 0 spiro atoms. The van der Waals surface area contributed by atoms with E-state index in [9.17, 15) is 4.39 Å². The van der Waals surface area contributed by atoms with Gasteiger partial charge < -0.3 is 24.6 Å². The number of hydrogen-bond donors (Lipinski definition) is 1. The maximum absolute atomic E-state index is 14.4. The van der Waals surface area contributed by atoms with Crippen LogP contribution in [0.15, 0.2) is 76.7 Å². The molecule has 39 heavy (non-hydrogen) atoms. The van der Waals surface area contributed by atoms with Gasteiger partial charge in [-0.05, 0) is 57.5 Å². The molecule has 2 aliphatic rings. The molecule has 1 aromatic carbocycles. The first-order valence-electron chi connectivity index (χ1n) is 13.9. The predicted molar refractivity (Wildman–Crippen MR) is 159 cm³/mol. The summed E-state index contributed by atoms with van der Waals surface area (Å²) in [5.41, 5.74) is 3.52. The summed E-state index contributed by atoms with van der Waals surface area (Å²) in [4.78, 5) is 13.8. The van der Waals surface area contributed by atoms with Crippen LogP contribution in [0.1, 0.15) is 45.6 Å². The summed E-state index contributed by atoms with van der Waals surface area (Å²) in [6.45, 7) is 15.6. The Kier molecular flexibility index (Phi) is 12.4. The Morgan fingerprint density at radius 2 is 2.03 bits per heavy atom. The van der Waals surface area contributed by atoms with Crippen LogP contribution in [0.25, 0.3) is 0 Å². The van der Waals surface area contributed by atoms with Gasteiger partial charge in [-0.15, -0.1) is 0 Å². The van der Waals surface area contributed by atoms with E-state index in [0.29, 0.717) is 35.5 Å². The Balaban J connectivity index is 2.00. The molecule has 1 atom stereocenters. The summed E-state index contributed by atoms with van der Waals surface area (Å²) in [5.74, 6) is 0.833. The van der Waals surface area contributed by atoms with Gasteiger partial charge in [0.1, 0.15) is 11.6 Å². The minimum absolute atomic E-state index is 0.325. The number of nitrogens with one attached hydrogen (secondary N) is 1. The summed E-state index contributed by atoms with van der Waals surface area (Å²) in [7, 11) is 2.15. The lowest BCUT2D eigenvalue weighted by atomic mass is 10.0. The van der Waals surface area contributed by atoms with Gasteiger partial charge in [0.2, 0.25) is 5.96 Å². The van der Waals surface area contributed by atoms with Crippen LogP contribution in [0.3, 0.4) is 0 Å². The predicted octanol–water partition coefficient (Wildman–Crippen LogP) is 5.53. The highest BCUT2D eigenvalue weighted by atomic mass is 19.1. The third-order valence-corrected chi connectivity index (χ3v) is 6.70. The van der Waals surface area contributed by atoms with Crippen LogP contribution in [0.2, 0.25) is 0 Å². The number of rotatable bonds is 3. The second kappa shape index (κ2) is 16.0. The zero-order chi connectivity index (χ0) is 28.0. The van der Waals surface area contributed by atoms with Gasteiger partial charge in [-0.1, -0.05) is 32.6 Å². The number of hydrogen-bond acceptors (Lipinski definition) is 5. The lowest BCUT2D eigenvalue weighted by molar-refractivity contribution is 0.143. The van der Waals surface area contributed by atoms with Gasteiger partial charge in [0.05, 0.1) is 13.2 Å². The lowest BCUT2D eigenvalue weighted by Gasteiger charge is -2.31. The summed E-state index contributed by atoms with van der Waals surface area (Å²) in [6.07, 6.45) is 12.6. The highest BCUT2D eigenvalue weighted by Crippen LogP contribution is 2.21. The minimum atomic E-state index is -0.369. The van der Waals surface area contributed by atoms with Gasteiger partial charge in [-0.25, -0.2) is 14.4 Å². The third-order valence-electron chi connectivity index (χ3n) is 6.70. The van der Waals surface area contributed by atoms with Crippen molar-refractivity contribution in [2.75, 3.05) is 53.0 Å². The number of nitrogens with zero attached hydrogens (tertiary/aromatic N) is 4. The van der Waals surface area contributed by atoms with Crippen molar-refractivity contribution in [3.05, 3.63) is 78.1 Å². The van der Waals surface area contributed by atoms with Crippen molar-refractivity contribution in [2.45, 2.75) is 40.0 Å². The largest absolute Gasteiger partial charge is 0.493 e. The molecule has 1 fully saturated rings. The van der Waals surface area contributed by atoms with Gasteiger partial charge in [-0.3, -0.25) is 0 Å². The molecule has 3 rings (SSSR count). The SMILES string of the molecule is C=CN=C1/N=C(\C)c2cc(F)cc(c2)OCC/C=C/CN(C)CC(C)/C(N2CCCOCC2)=C\C=C(/CC)N1. The maximum atomic E-state index is 14.4. The number of ether oxygens (including phenoxy) is 2. The molecule has 1 saturated heterocycles. The molecule has 1 aromatic rings. The minimum Gasteiger partial charge on any atom is -0.493 e. The molecule has 7 nitrogen and oxygen atoms in total. The van der Waals surface area contributed by atoms with E-state index < -0.39 is 0 Å².